The van der Waals surface area contributed by atoms with Gasteiger partial charge in [0.25, 0.3) is 0 Å². The Hall–Kier alpha value is -0.910. The van der Waals surface area contributed by atoms with Crippen LogP contribution in [0.3, 0.4) is 0 Å². The molecule has 15 heavy (non-hydrogen) atoms. The van der Waals surface area contributed by atoms with Crippen LogP contribution in [0, 0.1) is 0 Å². The number of nitrogens with zero attached hydrogens (tertiary/aromatic N) is 3. The molecular weight excluding hydrogens is 279 g/mol. The SMILES string of the molecule is NCc1cnnn1-c1ccc(Cl)c(Br)c1. The molecule has 1 aromatic carbocycles. The van der Waals surface area contributed by atoms with Crippen LogP contribution >= 0.6 is 27.5 Å². The molecule has 0 spiro atoms. The molecule has 0 amide bonds. The van der Waals surface area contributed by atoms with Crippen molar-refractivity contribution >= 4 is 27.5 Å². The second-order valence-corrected chi connectivity index (χ2v) is 4.20. The zero-order chi connectivity index (χ0) is 10.8. The van der Waals surface area contributed by atoms with Crippen LogP contribution in [0.5, 0.6) is 0 Å². The monoisotopic (exact) mass is 286 g/mol. The van der Waals surface area contributed by atoms with Crippen LogP contribution in [0.15, 0.2) is 28.9 Å². The highest BCUT2D eigenvalue weighted by Crippen LogP contribution is 2.24. The van der Waals surface area contributed by atoms with Crippen molar-refractivity contribution in [1.29, 1.82) is 0 Å². The third-order valence-corrected chi connectivity index (χ3v) is 3.19. The van der Waals surface area contributed by atoms with Gasteiger partial charge in [0.05, 0.1) is 22.6 Å². The van der Waals surface area contributed by atoms with Gasteiger partial charge in [-0.3, -0.25) is 0 Å². The predicted octanol–water partition coefficient (Wildman–Crippen LogP) is 2.14. The summed E-state index contributed by atoms with van der Waals surface area (Å²) in [7, 11) is 0. The summed E-state index contributed by atoms with van der Waals surface area (Å²) >= 11 is 9.25. The maximum absolute atomic E-state index is 5.90. The third kappa shape index (κ3) is 2.04. The van der Waals surface area contributed by atoms with E-state index in [0.29, 0.717) is 11.6 Å². The first-order chi connectivity index (χ1) is 7.22. The molecule has 2 N–H and O–H groups in total. The van der Waals surface area contributed by atoms with Crippen molar-refractivity contribution in [3.63, 3.8) is 0 Å². The van der Waals surface area contributed by atoms with Gasteiger partial charge in [-0.2, -0.15) is 0 Å². The number of benzene rings is 1. The molecule has 1 heterocycles. The van der Waals surface area contributed by atoms with E-state index in [1.165, 1.54) is 0 Å². The van der Waals surface area contributed by atoms with Gasteiger partial charge in [0.1, 0.15) is 0 Å². The highest BCUT2D eigenvalue weighted by Gasteiger charge is 2.06. The molecule has 4 nitrogen and oxygen atoms in total. The molecule has 0 aliphatic rings. The summed E-state index contributed by atoms with van der Waals surface area (Å²) in [6, 6.07) is 5.53. The van der Waals surface area contributed by atoms with Crippen molar-refractivity contribution in [1.82, 2.24) is 15.0 Å². The minimum Gasteiger partial charge on any atom is -0.325 e. The summed E-state index contributed by atoms with van der Waals surface area (Å²) in [5.41, 5.74) is 7.29. The molecule has 2 rings (SSSR count). The second kappa shape index (κ2) is 4.30. The number of rotatable bonds is 2. The first-order valence-electron chi connectivity index (χ1n) is 4.27. The Morgan fingerprint density at radius 1 is 1.47 bits per heavy atom. The molecule has 1 aromatic heterocycles. The molecule has 0 radical (unpaired) electrons. The fourth-order valence-electron chi connectivity index (χ4n) is 1.23. The quantitative estimate of drug-likeness (QED) is 0.920. The van der Waals surface area contributed by atoms with E-state index in [1.807, 2.05) is 12.1 Å². The van der Waals surface area contributed by atoms with E-state index >= 15 is 0 Å². The Labute approximate surface area is 100 Å². The van der Waals surface area contributed by atoms with Gasteiger partial charge in [-0.15, -0.1) is 5.10 Å². The molecule has 0 unspecified atom stereocenters. The fourth-order valence-corrected chi connectivity index (χ4v) is 1.71. The van der Waals surface area contributed by atoms with Crippen LogP contribution in [0.4, 0.5) is 0 Å². The number of nitrogens with two attached hydrogens (primary N) is 1. The molecule has 2 aromatic rings. The van der Waals surface area contributed by atoms with Gasteiger partial charge in [0.2, 0.25) is 0 Å². The minimum absolute atomic E-state index is 0.396. The smallest absolute Gasteiger partial charge is 0.0781 e. The normalized spacial score (nSPS) is 10.6. The van der Waals surface area contributed by atoms with Crippen molar-refractivity contribution in [3.8, 4) is 5.69 Å². The van der Waals surface area contributed by atoms with Gasteiger partial charge in [0.15, 0.2) is 0 Å². The molecule has 0 aliphatic heterocycles. The van der Waals surface area contributed by atoms with E-state index < -0.39 is 0 Å². The van der Waals surface area contributed by atoms with E-state index in [-0.39, 0.29) is 0 Å². The maximum Gasteiger partial charge on any atom is 0.0781 e. The van der Waals surface area contributed by atoms with Crippen molar-refractivity contribution in [2.45, 2.75) is 6.54 Å². The number of hydrogen-bond donors (Lipinski definition) is 1. The minimum atomic E-state index is 0.396. The Morgan fingerprint density at radius 3 is 2.93 bits per heavy atom. The Bertz CT molecular complexity index is 483. The molecule has 0 saturated carbocycles. The zero-order valence-corrected chi connectivity index (χ0v) is 10.0. The summed E-state index contributed by atoms with van der Waals surface area (Å²) in [6.07, 6.45) is 1.64. The molecule has 0 atom stereocenters. The maximum atomic E-state index is 5.90. The lowest BCUT2D eigenvalue weighted by atomic mass is 10.3. The van der Waals surface area contributed by atoms with Crippen LogP contribution in [0.1, 0.15) is 5.69 Å². The van der Waals surface area contributed by atoms with Crippen LogP contribution in [-0.4, -0.2) is 15.0 Å². The average molecular weight is 288 g/mol. The van der Waals surface area contributed by atoms with Crippen molar-refractivity contribution in [2.75, 3.05) is 0 Å². The molecule has 78 valence electrons. The topological polar surface area (TPSA) is 56.7 Å². The van der Waals surface area contributed by atoms with E-state index in [4.69, 9.17) is 17.3 Å². The van der Waals surface area contributed by atoms with Gasteiger partial charge in [-0.05, 0) is 34.1 Å². The van der Waals surface area contributed by atoms with Crippen LogP contribution in [0.2, 0.25) is 5.02 Å². The van der Waals surface area contributed by atoms with Gasteiger partial charge in [-0.1, -0.05) is 16.8 Å². The van der Waals surface area contributed by atoms with Crippen LogP contribution in [-0.2, 0) is 6.54 Å². The highest BCUT2D eigenvalue weighted by molar-refractivity contribution is 9.10. The first kappa shape index (κ1) is 10.6. The summed E-state index contributed by atoms with van der Waals surface area (Å²) in [5, 5.41) is 8.42. The lowest BCUT2D eigenvalue weighted by Gasteiger charge is -2.05. The number of aromatic nitrogens is 3. The second-order valence-electron chi connectivity index (χ2n) is 2.94. The summed E-state index contributed by atoms with van der Waals surface area (Å²) in [5.74, 6) is 0. The van der Waals surface area contributed by atoms with Crippen molar-refractivity contribution in [3.05, 3.63) is 39.6 Å². The van der Waals surface area contributed by atoms with E-state index in [9.17, 15) is 0 Å². The summed E-state index contributed by atoms with van der Waals surface area (Å²) in [6.45, 7) is 0.396. The third-order valence-electron chi connectivity index (χ3n) is 1.98. The van der Waals surface area contributed by atoms with Gasteiger partial charge in [0, 0.05) is 11.0 Å². The molecule has 0 saturated heterocycles. The Kier molecular flexibility index (Phi) is 3.04. The van der Waals surface area contributed by atoms with E-state index in [0.717, 1.165) is 15.9 Å². The van der Waals surface area contributed by atoms with Crippen LogP contribution < -0.4 is 5.73 Å². The van der Waals surface area contributed by atoms with Gasteiger partial charge in [-0.25, -0.2) is 4.68 Å². The summed E-state index contributed by atoms with van der Waals surface area (Å²) < 4.78 is 2.50. The largest absolute Gasteiger partial charge is 0.325 e. The standard InChI is InChI=1S/C9H8BrClN4/c10-8-3-6(1-2-9(8)11)15-7(4-12)5-13-14-15/h1-3,5H,4,12H2. The average Bonchev–Trinajstić information content (AvgIpc) is 2.70. The van der Waals surface area contributed by atoms with E-state index in [1.54, 1.807) is 16.9 Å². The number of halogens is 2. The molecule has 6 heteroatoms. The fraction of sp³-hybridized carbons (Fsp3) is 0.111. The van der Waals surface area contributed by atoms with Crippen molar-refractivity contribution in [2.24, 2.45) is 5.73 Å². The molecule has 0 fully saturated rings. The zero-order valence-electron chi connectivity index (χ0n) is 7.69. The highest BCUT2D eigenvalue weighted by atomic mass is 79.9. The van der Waals surface area contributed by atoms with Crippen molar-refractivity contribution < 1.29 is 0 Å². The Morgan fingerprint density at radius 2 is 2.27 bits per heavy atom. The number of hydrogen-bond acceptors (Lipinski definition) is 3. The lowest BCUT2D eigenvalue weighted by molar-refractivity contribution is 0.761. The lowest BCUT2D eigenvalue weighted by Crippen LogP contribution is -2.06. The van der Waals surface area contributed by atoms with E-state index in [2.05, 4.69) is 26.2 Å². The first-order valence-corrected chi connectivity index (χ1v) is 5.44. The van der Waals surface area contributed by atoms with Gasteiger partial charge >= 0.3 is 0 Å². The Balaban J connectivity index is 2.50. The summed E-state index contributed by atoms with van der Waals surface area (Å²) in [4.78, 5) is 0. The molecule has 0 bridgehead atoms. The van der Waals surface area contributed by atoms with Gasteiger partial charge < -0.3 is 5.73 Å². The predicted molar refractivity (Wildman–Crippen MR) is 62.0 cm³/mol. The van der Waals surface area contributed by atoms with Crippen LogP contribution in [0.25, 0.3) is 5.69 Å². The molecular formula is C9H8BrClN4. The molecule has 0 aliphatic carbocycles.